The van der Waals surface area contributed by atoms with Gasteiger partial charge in [0.15, 0.2) is 0 Å². The zero-order valence-corrected chi connectivity index (χ0v) is 16.8. The first-order valence-electron chi connectivity index (χ1n) is 10.2. The topological polar surface area (TPSA) is 45.7 Å². The van der Waals surface area contributed by atoms with Crippen LogP contribution in [-0.4, -0.2) is 45.9 Å². The Hall–Kier alpha value is -2.40. The zero-order valence-electron chi connectivity index (χ0n) is 16.8. The minimum absolute atomic E-state index is 0.121. The van der Waals surface area contributed by atoms with E-state index in [9.17, 15) is 4.79 Å². The number of rotatable bonds is 3. The van der Waals surface area contributed by atoms with Crippen LogP contribution in [0.15, 0.2) is 48.8 Å². The number of hydrogen-bond acceptors (Lipinski definition) is 4. The number of aromatic nitrogens is 1. The third-order valence-corrected chi connectivity index (χ3v) is 6.23. The van der Waals surface area contributed by atoms with Crippen LogP contribution in [0.3, 0.4) is 0 Å². The van der Waals surface area contributed by atoms with Gasteiger partial charge in [0.25, 0.3) is 0 Å². The van der Waals surface area contributed by atoms with Crippen molar-refractivity contribution >= 4 is 5.91 Å². The first-order valence-corrected chi connectivity index (χ1v) is 10.2. The minimum Gasteiger partial charge on any atom is -0.485 e. The van der Waals surface area contributed by atoms with Crippen molar-refractivity contribution in [3.8, 4) is 5.75 Å². The number of hydrogen-bond donors (Lipinski definition) is 0. The monoisotopic (exact) mass is 379 g/mol. The Morgan fingerprint density at radius 3 is 2.75 bits per heavy atom. The second-order valence-corrected chi connectivity index (χ2v) is 8.28. The predicted molar refractivity (Wildman–Crippen MR) is 109 cm³/mol. The number of pyridine rings is 1. The van der Waals surface area contributed by atoms with Crippen molar-refractivity contribution in [1.29, 1.82) is 0 Å². The van der Waals surface area contributed by atoms with Crippen molar-refractivity contribution in [3.63, 3.8) is 0 Å². The molecule has 1 saturated carbocycles. The largest absolute Gasteiger partial charge is 0.485 e. The summed E-state index contributed by atoms with van der Waals surface area (Å²) in [6, 6.07) is 12.8. The number of para-hydroxylation sites is 1. The highest BCUT2D eigenvalue weighted by molar-refractivity contribution is 5.73. The molecule has 0 bridgehead atoms. The quantitative estimate of drug-likeness (QED) is 0.817. The van der Waals surface area contributed by atoms with E-state index in [-0.39, 0.29) is 11.5 Å². The number of carbonyl (C=O) groups excluding carboxylic acids is 1. The predicted octanol–water partition coefficient (Wildman–Crippen LogP) is 3.64. The lowest BCUT2D eigenvalue weighted by molar-refractivity contribution is -0.132. The highest BCUT2D eigenvalue weighted by atomic mass is 16.5. The number of benzene rings is 1. The molecule has 1 spiro atoms. The van der Waals surface area contributed by atoms with E-state index >= 15 is 0 Å². The Morgan fingerprint density at radius 1 is 1.25 bits per heavy atom. The van der Waals surface area contributed by atoms with E-state index in [1.165, 1.54) is 5.56 Å². The smallest absolute Gasteiger partial charge is 0.219 e. The normalized spacial score (nSPS) is 24.5. The Labute approximate surface area is 167 Å². The molecule has 28 heavy (non-hydrogen) atoms. The summed E-state index contributed by atoms with van der Waals surface area (Å²) in [6.07, 6.45) is 7.84. The van der Waals surface area contributed by atoms with E-state index in [2.05, 4.69) is 29.1 Å². The zero-order chi connectivity index (χ0) is 19.6. The SMILES string of the molecule is CC(=O)N1Cc2ccccc2OC2(CCC(N(C)Cc3cccnc3)CC2)C1. The maximum absolute atomic E-state index is 12.2. The molecule has 0 saturated heterocycles. The molecule has 2 aromatic rings. The lowest BCUT2D eigenvalue weighted by Gasteiger charge is -2.43. The Morgan fingerprint density at radius 2 is 2.04 bits per heavy atom. The van der Waals surface area contributed by atoms with Gasteiger partial charge in [-0.25, -0.2) is 0 Å². The third-order valence-electron chi connectivity index (χ3n) is 6.23. The van der Waals surface area contributed by atoms with Crippen molar-refractivity contribution in [2.75, 3.05) is 13.6 Å². The highest BCUT2D eigenvalue weighted by Gasteiger charge is 2.42. The van der Waals surface area contributed by atoms with Crippen LogP contribution in [0.25, 0.3) is 0 Å². The molecule has 2 aliphatic rings. The third kappa shape index (κ3) is 4.04. The summed E-state index contributed by atoms with van der Waals surface area (Å²) in [5.74, 6) is 1.06. The molecule has 5 heteroatoms. The van der Waals surface area contributed by atoms with Crippen molar-refractivity contribution in [2.45, 2.75) is 57.3 Å². The number of carbonyl (C=O) groups is 1. The van der Waals surface area contributed by atoms with E-state index in [0.717, 1.165) is 43.5 Å². The van der Waals surface area contributed by atoms with Crippen molar-refractivity contribution < 1.29 is 9.53 Å². The van der Waals surface area contributed by atoms with Gasteiger partial charge in [0, 0.05) is 44.0 Å². The van der Waals surface area contributed by atoms with E-state index < -0.39 is 0 Å². The van der Waals surface area contributed by atoms with E-state index in [1.54, 1.807) is 6.92 Å². The van der Waals surface area contributed by atoms with Gasteiger partial charge in [0.2, 0.25) is 5.91 Å². The number of amides is 1. The van der Waals surface area contributed by atoms with Crippen LogP contribution in [0.1, 0.15) is 43.7 Å². The van der Waals surface area contributed by atoms with Gasteiger partial charge < -0.3 is 9.64 Å². The van der Waals surface area contributed by atoms with Gasteiger partial charge in [0.05, 0.1) is 6.54 Å². The highest BCUT2D eigenvalue weighted by Crippen LogP contribution is 2.39. The molecule has 4 rings (SSSR count). The summed E-state index contributed by atoms with van der Waals surface area (Å²) in [6.45, 7) is 3.89. The lowest BCUT2D eigenvalue weighted by atomic mass is 9.81. The standard InChI is InChI=1S/C23H29N3O2/c1-18(27)26-16-20-7-3-4-8-22(20)28-23(17-26)11-9-21(10-12-23)25(2)15-19-6-5-13-24-14-19/h3-8,13-14,21H,9-12,15-17H2,1-2H3. The van der Waals surface area contributed by atoms with Crippen molar-refractivity contribution in [1.82, 2.24) is 14.8 Å². The summed E-state index contributed by atoms with van der Waals surface area (Å²) in [7, 11) is 2.20. The van der Waals surface area contributed by atoms with Gasteiger partial charge in [-0.2, -0.15) is 0 Å². The molecule has 1 aliphatic carbocycles. The van der Waals surface area contributed by atoms with Crippen LogP contribution in [0.5, 0.6) is 5.75 Å². The number of ether oxygens (including phenoxy) is 1. The average Bonchev–Trinajstić information content (AvgIpc) is 2.86. The first-order chi connectivity index (χ1) is 13.5. The molecule has 0 atom stereocenters. The van der Waals surface area contributed by atoms with E-state index in [1.807, 2.05) is 41.6 Å². The molecule has 5 nitrogen and oxygen atoms in total. The Balaban J connectivity index is 1.46. The van der Waals surface area contributed by atoms with Gasteiger partial charge in [-0.3, -0.25) is 14.7 Å². The molecule has 1 aliphatic heterocycles. The lowest BCUT2D eigenvalue weighted by Crippen LogP contribution is -2.51. The Bertz CT molecular complexity index is 816. The van der Waals surface area contributed by atoms with Crippen LogP contribution < -0.4 is 4.74 Å². The summed E-state index contributed by atoms with van der Waals surface area (Å²) in [5, 5.41) is 0. The van der Waals surface area contributed by atoms with Crippen molar-refractivity contribution in [3.05, 3.63) is 59.9 Å². The minimum atomic E-state index is -0.274. The molecule has 0 N–H and O–H groups in total. The molecular formula is C23H29N3O2. The molecule has 0 radical (unpaired) electrons. The maximum Gasteiger partial charge on any atom is 0.219 e. The van der Waals surface area contributed by atoms with Crippen LogP contribution in [0.4, 0.5) is 0 Å². The fraction of sp³-hybridized carbons (Fsp3) is 0.478. The molecule has 1 fully saturated rings. The van der Waals surface area contributed by atoms with Crippen molar-refractivity contribution in [2.24, 2.45) is 0 Å². The molecule has 2 heterocycles. The summed E-state index contributed by atoms with van der Waals surface area (Å²) in [4.78, 5) is 20.8. The van der Waals surface area contributed by atoms with E-state index in [4.69, 9.17) is 4.74 Å². The maximum atomic E-state index is 12.2. The molecule has 1 amide bonds. The number of nitrogens with zero attached hydrogens (tertiary/aromatic N) is 3. The van der Waals surface area contributed by atoms with Crippen LogP contribution >= 0.6 is 0 Å². The van der Waals surface area contributed by atoms with Gasteiger partial charge in [-0.1, -0.05) is 24.3 Å². The first kappa shape index (κ1) is 18.9. The van der Waals surface area contributed by atoms with Gasteiger partial charge in [-0.05, 0) is 50.4 Å². The van der Waals surface area contributed by atoms with E-state index in [0.29, 0.717) is 19.1 Å². The van der Waals surface area contributed by atoms with Gasteiger partial charge in [-0.15, -0.1) is 0 Å². The van der Waals surface area contributed by atoms with Crippen LogP contribution in [0.2, 0.25) is 0 Å². The molecule has 148 valence electrons. The molecular weight excluding hydrogens is 350 g/mol. The van der Waals surface area contributed by atoms with Crippen LogP contribution in [0, 0.1) is 0 Å². The summed E-state index contributed by atoms with van der Waals surface area (Å²) in [5.41, 5.74) is 2.07. The van der Waals surface area contributed by atoms with Crippen LogP contribution in [-0.2, 0) is 17.9 Å². The second kappa shape index (κ2) is 7.92. The van der Waals surface area contributed by atoms with Gasteiger partial charge >= 0.3 is 0 Å². The molecule has 0 unspecified atom stereocenters. The number of fused-ring (bicyclic) bond motifs is 1. The fourth-order valence-corrected chi connectivity index (χ4v) is 4.57. The molecule has 1 aromatic carbocycles. The average molecular weight is 380 g/mol. The molecule has 1 aromatic heterocycles. The second-order valence-electron chi connectivity index (χ2n) is 8.28. The summed E-state index contributed by atoms with van der Waals surface area (Å²) >= 11 is 0. The van der Waals surface area contributed by atoms with Gasteiger partial charge in [0.1, 0.15) is 11.4 Å². The Kier molecular flexibility index (Phi) is 5.36. The fourth-order valence-electron chi connectivity index (χ4n) is 4.57. The summed E-state index contributed by atoms with van der Waals surface area (Å²) < 4.78 is 6.59.